The highest BCUT2D eigenvalue weighted by molar-refractivity contribution is 5.98. The molecule has 1 aromatic heterocycles. The number of nitrogens with two attached hydrogens (primary N) is 2. The van der Waals surface area contributed by atoms with Crippen molar-refractivity contribution < 1.29 is 33.6 Å². The lowest BCUT2D eigenvalue weighted by Gasteiger charge is -2.33. The first kappa shape index (κ1) is 45.1. The number of guanidine groups is 1. The van der Waals surface area contributed by atoms with Gasteiger partial charge in [-0.15, -0.1) is 0 Å². The molecule has 3 heterocycles. The van der Waals surface area contributed by atoms with Crippen molar-refractivity contribution >= 4 is 58.2 Å². The van der Waals surface area contributed by atoms with Crippen molar-refractivity contribution in [2.45, 2.75) is 114 Å². The first-order chi connectivity index (χ1) is 29.9. The summed E-state index contributed by atoms with van der Waals surface area (Å²) in [6, 6.07) is 9.08. The van der Waals surface area contributed by atoms with Gasteiger partial charge in [-0.25, -0.2) is 0 Å². The Morgan fingerprint density at radius 2 is 1.52 bits per heavy atom. The van der Waals surface area contributed by atoms with E-state index in [1.807, 2.05) is 24.3 Å². The fourth-order valence-electron chi connectivity index (χ4n) is 8.74. The highest BCUT2D eigenvalue weighted by Crippen LogP contribution is 2.28. The van der Waals surface area contributed by atoms with Crippen LogP contribution in [0.25, 0.3) is 10.9 Å². The molecule has 3 aliphatic rings. The molecule has 0 radical (unpaired) electrons. The second-order valence-corrected chi connectivity index (χ2v) is 16.5. The number of aromatic nitrogens is 1. The number of benzene rings is 2. The number of H-pyrrole nitrogens is 1. The highest BCUT2D eigenvalue weighted by atomic mass is 16.2. The van der Waals surface area contributed by atoms with Gasteiger partial charge in [-0.05, 0) is 55.2 Å². The zero-order valence-electron chi connectivity index (χ0n) is 35.1. The second-order valence-electron chi connectivity index (χ2n) is 16.5. The molecular weight excluding hydrogens is 795 g/mol. The Kier molecular flexibility index (Phi) is 15.5. The zero-order chi connectivity index (χ0) is 44.2. The molecule has 6 rings (SSSR count). The predicted molar refractivity (Wildman–Crippen MR) is 232 cm³/mol. The van der Waals surface area contributed by atoms with Gasteiger partial charge < -0.3 is 53.3 Å². The number of fused-ring (bicyclic) bond motifs is 2. The number of hydrogen-bond donors (Lipinski definition) is 9. The number of para-hydroxylation sites is 1. The average molecular weight is 854 g/mol. The van der Waals surface area contributed by atoms with Crippen molar-refractivity contribution in [2.24, 2.45) is 22.4 Å². The maximum Gasteiger partial charge on any atom is 0.247 e. The van der Waals surface area contributed by atoms with Crippen LogP contribution < -0.4 is 43.4 Å². The minimum atomic E-state index is -1.40. The number of rotatable bonds is 12. The van der Waals surface area contributed by atoms with E-state index in [0.29, 0.717) is 24.8 Å². The Hall–Kier alpha value is -6.46. The van der Waals surface area contributed by atoms with Gasteiger partial charge in [-0.3, -0.25) is 38.6 Å². The largest absolute Gasteiger partial charge is 0.370 e. The summed E-state index contributed by atoms with van der Waals surface area (Å²) >= 11 is 0. The van der Waals surface area contributed by atoms with E-state index in [4.69, 9.17) is 11.5 Å². The molecule has 2 saturated heterocycles. The fraction of sp³-hybridized carbons (Fsp3) is 0.500. The zero-order valence-corrected chi connectivity index (χ0v) is 35.1. The molecule has 3 fully saturated rings. The monoisotopic (exact) mass is 853 g/mol. The van der Waals surface area contributed by atoms with Gasteiger partial charge in [0.1, 0.15) is 36.3 Å². The summed E-state index contributed by atoms with van der Waals surface area (Å²) in [5.41, 5.74) is 13.1. The Labute approximate surface area is 360 Å². The third-order valence-electron chi connectivity index (χ3n) is 11.9. The molecular formula is C44H59N11O7. The Balaban J connectivity index is 1.36. The lowest BCUT2D eigenvalue weighted by Crippen LogP contribution is -2.62. The number of hydrogen-bond acceptors (Lipinski definition) is 8. The Morgan fingerprint density at radius 3 is 2.26 bits per heavy atom. The van der Waals surface area contributed by atoms with E-state index in [-0.39, 0.29) is 44.2 Å². The van der Waals surface area contributed by atoms with Gasteiger partial charge >= 0.3 is 0 Å². The van der Waals surface area contributed by atoms with Crippen molar-refractivity contribution in [3.05, 3.63) is 71.9 Å². The molecule has 18 nitrogen and oxygen atoms in total. The van der Waals surface area contributed by atoms with Gasteiger partial charge in [-0.1, -0.05) is 80.6 Å². The third kappa shape index (κ3) is 11.9. The Morgan fingerprint density at radius 1 is 0.823 bits per heavy atom. The maximum atomic E-state index is 14.5. The predicted octanol–water partition coefficient (Wildman–Crippen LogP) is 0.672. The quantitative estimate of drug-likeness (QED) is 0.0703. The number of aromatic amines is 1. The molecule has 1 aliphatic carbocycles. The first-order valence-corrected chi connectivity index (χ1v) is 21.6. The molecule has 332 valence electrons. The Bertz CT molecular complexity index is 2110. The van der Waals surface area contributed by atoms with Gasteiger partial charge in [0.15, 0.2) is 5.96 Å². The molecule has 1 saturated carbocycles. The molecule has 2 aromatic carbocycles. The normalized spacial score (nSPS) is 23.6. The molecule has 3 aromatic rings. The third-order valence-corrected chi connectivity index (χ3v) is 11.9. The van der Waals surface area contributed by atoms with Crippen molar-refractivity contribution in [3.8, 4) is 0 Å². The summed E-state index contributed by atoms with van der Waals surface area (Å²) in [5.74, 6) is -4.26. The summed E-state index contributed by atoms with van der Waals surface area (Å²) in [6.07, 6.45) is 8.12. The number of amides is 7. The van der Waals surface area contributed by atoms with Crippen molar-refractivity contribution in [1.82, 2.24) is 41.8 Å². The van der Waals surface area contributed by atoms with Crippen LogP contribution in [0.2, 0.25) is 0 Å². The van der Waals surface area contributed by atoms with Crippen molar-refractivity contribution in [2.75, 3.05) is 19.6 Å². The van der Waals surface area contributed by atoms with Gasteiger partial charge in [-0.2, -0.15) is 0 Å². The smallest absolute Gasteiger partial charge is 0.247 e. The van der Waals surface area contributed by atoms with Crippen LogP contribution in [0.4, 0.5) is 0 Å². The number of nitrogens with zero attached hydrogens (tertiary/aromatic N) is 2. The van der Waals surface area contributed by atoms with E-state index in [1.165, 1.54) is 11.8 Å². The summed E-state index contributed by atoms with van der Waals surface area (Å²) in [6.45, 7) is 1.18. The van der Waals surface area contributed by atoms with Crippen LogP contribution in [0.1, 0.15) is 88.3 Å². The first-order valence-electron chi connectivity index (χ1n) is 21.6. The van der Waals surface area contributed by atoms with Crippen LogP contribution in [-0.4, -0.2) is 107 Å². The lowest BCUT2D eigenvalue weighted by molar-refractivity contribution is -0.143. The number of aliphatic imine (C=N–C) groups is 1. The van der Waals surface area contributed by atoms with Gasteiger partial charge in [0.05, 0.1) is 0 Å². The standard InChI is InChI=1S/C44H59N11O7/c1-26(56)50-37(28-14-6-3-7-15-28)42(61)54-35-25-49-38(57)32(18-10-20-47-44(45)46)51-40(59)34(23-29-24-48-31-17-9-8-16-30(29)31)52-39(58)33(22-27-12-4-2-5-13-27)53-41(60)36-19-11-21-55(36)43(35)62/h3,6-9,14-17,24,27,32-37,48H,2,4-5,10-13,18-23,25H2,1H3,(H,49,57)(H,50,56)(H,51,59)(H,52,58)(H,53,60)(H,54,61)(H4,45,46,47)/t32-,33+,34-,35?,36?,37-/m0/s1. The van der Waals surface area contributed by atoms with Crippen LogP contribution in [0.3, 0.4) is 0 Å². The highest BCUT2D eigenvalue weighted by Gasteiger charge is 2.41. The van der Waals surface area contributed by atoms with E-state index in [9.17, 15) is 33.6 Å². The van der Waals surface area contributed by atoms with E-state index >= 15 is 0 Å². The molecule has 2 unspecified atom stereocenters. The number of carbonyl (C=O) groups is 7. The van der Waals surface area contributed by atoms with Crippen LogP contribution >= 0.6 is 0 Å². The van der Waals surface area contributed by atoms with E-state index in [2.05, 4.69) is 41.9 Å². The number of nitrogens with one attached hydrogen (secondary N) is 7. The minimum Gasteiger partial charge on any atom is -0.370 e. The SMILES string of the molecule is CC(=O)N[C@H](C(=O)NC1CNC(=O)[C@H](CCCN=C(N)N)NC(=O)[C@H](Cc2c[nH]c3ccccc23)NC(=O)[C@@H](CC2CCCCC2)NC(=O)C2CCCN2C1=O)c1ccccc1. The molecule has 2 aliphatic heterocycles. The molecule has 11 N–H and O–H groups in total. The maximum absolute atomic E-state index is 14.5. The van der Waals surface area contributed by atoms with Gasteiger partial charge in [0.25, 0.3) is 0 Å². The molecule has 6 atom stereocenters. The molecule has 0 spiro atoms. The summed E-state index contributed by atoms with van der Waals surface area (Å²) < 4.78 is 0. The number of carbonyl (C=O) groups excluding carboxylic acids is 7. The van der Waals surface area contributed by atoms with Crippen LogP contribution in [-0.2, 0) is 40.0 Å². The summed E-state index contributed by atoms with van der Waals surface area (Å²) in [7, 11) is 0. The minimum absolute atomic E-state index is 0.0594. The average Bonchev–Trinajstić information content (AvgIpc) is 3.92. The lowest BCUT2D eigenvalue weighted by atomic mass is 9.84. The molecule has 0 bridgehead atoms. The fourth-order valence-corrected chi connectivity index (χ4v) is 8.74. The topological polar surface area (TPSA) is 275 Å². The van der Waals surface area contributed by atoms with Crippen LogP contribution in [0, 0.1) is 5.92 Å². The second kappa shape index (κ2) is 21.4. The van der Waals surface area contributed by atoms with Gasteiger partial charge in [0.2, 0.25) is 41.4 Å². The van der Waals surface area contributed by atoms with Crippen molar-refractivity contribution in [1.29, 1.82) is 0 Å². The summed E-state index contributed by atoms with van der Waals surface area (Å²) in [4.78, 5) is 107. The van der Waals surface area contributed by atoms with E-state index < -0.39 is 84.1 Å². The molecule has 7 amide bonds. The van der Waals surface area contributed by atoms with Gasteiger partial charge in [0, 0.05) is 50.1 Å². The van der Waals surface area contributed by atoms with E-state index in [0.717, 1.165) is 48.6 Å². The van der Waals surface area contributed by atoms with Crippen molar-refractivity contribution in [3.63, 3.8) is 0 Å². The summed E-state index contributed by atoms with van der Waals surface area (Å²) in [5, 5.41) is 17.7. The molecule has 62 heavy (non-hydrogen) atoms. The van der Waals surface area contributed by atoms with E-state index in [1.54, 1.807) is 36.5 Å². The van der Waals surface area contributed by atoms with Crippen LogP contribution in [0.5, 0.6) is 0 Å². The molecule has 18 heteroatoms. The van der Waals surface area contributed by atoms with Crippen LogP contribution in [0.15, 0.2) is 65.8 Å².